The fraction of sp³-hybridized carbons (Fsp3) is 0.700. The monoisotopic (exact) mass is 506 g/mol. The van der Waals surface area contributed by atoms with E-state index < -0.39 is 78.6 Å². The molecule has 0 spiro atoms. The molecule has 0 heterocycles. The van der Waals surface area contributed by atoms with Crippen molar-refractivity contribution in [3.05, 3.63) is 0 Å². The van der Waals surface area contributed by atoms with Gasteiger partial charge in [-0.1, -0.05) is 13.8 Å². The number of amides is 3. The molecule has 3 amide bonds. The normalized spacial score (nSPS) is 14.4. The van der Waals surface area contributed by atoms with E-state index in [1.807, 2.05) is 6.26 Å². The number of carbonyl (C=O) groups is 6. The molecule has 0 aromatic rings. The molecule has 0 aliphatic carbocycles. The van der Waals surface area contributed by atoms with Gasteiger partial charge in [-0.2, -0.15) is 11.8 Å². The lowest BCUT2D eigenvalue weighted by Gasteiger charge is -2.27. The van der Waals surface area contributed by atoms with Gasteiger partial charge in [0.1, 0.15) is 18.1 Å². The predicted octanol–water partition coefficient (Wildman–Crippen LogP) is -1.01. The van der Waals surface area contributed by atoms with E-state index >= 15 is 0 Å². The highest BCUT2D eigenvalue weighted by Crippen LogP contribution is 2.08. The van der Waals surface area contributed by atoms with Crippen molar-refractivity contribution in [1.82, 2.24) is 16.0 Å². The smallest absolute Gasteiger partial charge is 0.326 e. The molecule has 0 bridgehead atoms. The van der Waals surface area contributed by atoms with Crippen LogP contribution < -0.4 is 21.7 Å². The number of hydrogen-bond acceptors (Lipinski definition) is 8. The molecular weight excluding hydrogens is 472 g/mol. The number of carboxylic acids is 3. The van der Waals surface area contributed by atoms with Gasteiger partial charge in [-0.15, -0.1) is 0 Å². The minimum Gasteiger partial charge on any atom is -0.481 e. The molecule has 0 fully saturated rings. The highest BCUT2D eigenvalue weighted by atomic mass is 32.2. The van der Waals surface area contributed by atoms with Crippen LogP contribution in [0, 0.1) is 5.92 Å². The van der Waals surface area contributed by atoms with Gasteiger partial charge in [0.05, 0.1) is 6.04 Å². The number of thioether (sulfide) groups is 1. The zero-order chi connectivity index (χ0) is 26.4. The van der Waals surface area contributed by atoms with Gasteiger partial charge in [-0.25, -0.2) is 4.79 Å². The Kier molecular flexibility index (Phi) is 14.5. The SMILES string of the molecule is CSCCC(N)C(=O)NC(CCC(=O)O)C(=O)NC(C(=O)NC(CCC(=O)O)C(=O)O)C(C)C. The van der Waals surface area contributed by atoms with E-state index in [4.69, 9.17) is 15.9 Å². The topological polar surface area (TPSA) is 225 Å². The van der Waals surface area contributed by atoms with Crippen LogP contribution in [0.4, 0.5) is 0 Å². The van der Waals surface area contributed by atoms with Gasteiger partial charge in [-0.3, -0.25) is 24.0 Å². The van der Waals surface area contributed by atoms with Gasteiger partial charge in [0.25, 0.3) is 0 Å². The number of nitrogens with two attached hydrogens (primary N) is 1. The Bertz CT molecular complexity index is 748. The highest BCUT2D eigenvalue weighted by Gasteiger charge is 2.32. The molecule has 14 heteroatoms. The molecular formula is C20H34N4O9S. The van der Waals surface area contributed by atoms with E-state index in [9.17, 15) is 33.9 Å². The number of hydrogen-bond donors (Lipinski definition) is 7. The largest absolute Gasteiger partial charge is 0.481 e. The first-order chi connectivity index (χ1) is 15.8. The van der Waals surface area contributed by atoms with E-state index in [1.54, 1.807) is 13.8 Å². The summed E-state index contributed by atoms with van der Waals surface area (Å²) in [6.45, 7) is 3.17. The van der Waals surface area contributed by atoms with Crippen molar-refractivity contribution < 1.29 is 44.1 Å². The second kappa shape index (κ2) is 15.9. The molecule has 0 rings (SSSR count). The standard InChI is InChI=1S/C20H34N4O9S/c1-10(2)16(19(31)23-13(20(32)33)5-7-15(27)28)24-18(30)12(4-6-14(25)26)22-17(29)11(21)8-9-34-3/h10-13,16H,4-9,21H2,1-3H3,(H,22,29)(H,23,31)(H,24,30)(H,25,26)(H,27,28)(H,32,33). The zero-order valence-corrected chi connectivity index (χ0v) is 20.2. The Morgan fingerprint density at radius 2 is 1.26 bits per heavy atom. The molecule has 0 aromatic heterocycles. The second-order valence-corrected chi connectivity index (χ2v) is 8.93. The lowest BCUT2D eigenvalue weighted by Crippen LogP contribution is -2.58. The van der Waals surface area contributed by atoms with Crippen molar-refractivity contribution in [2.24, 2.45) is 11.7 Å². The summed E-state index contributed by atoms with van der Waals surface area (Å²) in [6.07, 6.45) is 0.625. The fourth-order valence-corrected chi connectivity index (χ4v) is 3.26. The van der Waals surface area contributed by atoms with E-state index in [0.29, 0.717) is 12.2 Å². The van der Waals surface area contributed by atoms with Crippen molar-refractivity contribution in [1.29, 1.82) is 0 Å². The summed E-state index contributed by atoms with van der Waals surface area (Å²) in [5.41, 5.74) is 5.80. The summed E-state index contributed by atoms with van der Waals surface area (Å²) in [4.78, 5) is 70.9. The summed E-state index contributed by atoms with van der Waals surface area (Å²) < 4.78 is 0. The van der Waals surface area contributed by atoms with Gasteiger partial charge in [0.15, 0.2) is 0 Å². The first kappa shape index (κ1) is 31.1. The Balaban J connectivity index is 5.44. The third kappa shape index (κ3) is 12.4. The summed E-state index contributed by atoms with van der Waals surface area (Å²) in [5, 5.41) is 34.0. The van der Waals surface area contributed by atoms with Gasteiger partial charge in [0.2, 0.25) is 17.7 Å². The van der Waals surface area contributed by atoms with Crippen LogP contribution in [-0.2, 0) is 28.8 Å². The molecule has 8 N–H and O–H groups in total. The van der Waals surface area contributed by atoms with Crippen molar-refractivity contribution in [2.75, 3.05) is 12.0 Å². The third-order valence-corrected chi connectivity index (χ3v) is 5.40. The lowest BCUT2D eigenvalue weighted by molar-refractivity contribution is -0.143. The van der Waals surface area contributed by atoms with Crippen LogP contribution in [0.2, 0.25) is 0 Å². The molecule has 0 aliphatic heterocycles. The number of rotatable bonds is 17. The van der Waals surface area contributed by atoms with Crippen molar-refractivity contribution >= 4 is 47.4 Å². The van der Waals surface area contributed by atoms with Crippen LogP contribution in [0.5, 0.6) is 0 Å². The number of carboxylic acid groups (broad SMARTS) is 3. The van der Waals surface area contributed by atoms with Crippen LogP contribution in [-0.4, -0.2) is 87.1 Å². The molecule has 0 aliphatic rings. The molecule has 13 nitrogen and oxygen atoms in total. The molecule has 0 saturated heterocycles. The fourth-order valence-electron chi connectivity index (χ4n) is 2.77. The Morgan fingerprint density at radius 1 is 0.765 bits per heavy atom. The Hall–Kier alpha value is -2.87. The molecule has 0 aromatic carbocycles. The van der Waals surface area contributed by atoms with Crippen LogP contribution in [0.15, 0.2) is 0 Å². The average Bonchev–Trinajstić information content (AvgIpc) is 2.74. The van der Waals surface area contributed by atoms with Crippen LogP contribution in [0.1, 0.15) is 46.0 Å². The van der Waals surface area contributed by atoms with E-state index in [0.717, 1.165) is 0 Å². The maximum absolute atomic E-state index is 12.8. The lowest BCUT2D eigenvalue weighted by atomic mass is 10.0. The maximum Gasteiger partial charge on any atom is 0.326 e. The molecule has 0 radical (unpaired) electrons. The summed E-state index contributed by atoms with van der Waals surface area (Å²) in [7, 11) is 0. The van der Waals surface area contributed by atoms with Crippen LogP contribution in [0.3, 0.4) is 0 Å². The van der Waals surface area contributed by atoms with Crippen molar-refractivity contribution in [2.45, 2.75) is 70.1 Å². The van der Waals surface area contributed by atoms with Gasteiger partial charge < -0.3 is 37.0 Å². The highest BCUT2D eigenvalue weighted by molar-refractivity contribution is 7.98. The summed E-state index contributed by atoms with van der Waals surface area (Å²) in [5.74, 6) is -6.12. The van der Waals surface area contributed by atoms with Gasteiger partial charge >= 0.3 is 17.9 Å². The molecule has 34 heavy (non-hydrogen) atoms. The Morgan fingerprint density at radius 3 is 1.71 bits per heavy atom. The van der Waals surface area contributed by atoms with Gasteiger partial charge in [-0.05, 0) is 37.2 Å². The molecule has 4 unspecified atom stereocenters. The minimum atomic E-state index is -1.49. The first-order valence-corrected chi connectivity index (χ1v) is 12.0. The third-order valence-electron chi connectivity index (χ3n) is 4.76. The van der Waals surface area contributed by atoms with Crippen LogP contribution >= 0.6 is 11.8 Å². The van der Waals surface area contributed by atoms with Gasteiger partial charge in [0, 0.05) is 12.8 Å². The minimum absolute atomic E-state index is 0.259. The number of carbonyl (C=O) groups excluding carboxylic acids is 3. The van der Waals surface area contributed by atoms with Crippen molar-refractivity contribution in [3.63, 3.8) is 0 Å². The molecule has 0 saturated carbocycles. The van der Waals surface area contributed by atoms with E-state index in [-0.39, 0.29) is 12.8 Å². The van der Waals surface area contributed by atoms with E-state index in [1.165, 1.54) is 11.8 Å². The average molecular weight is 507 g/mol. The summed E-state index contributed by atoms with van der Waals surface area (Å²) >= 11 is 1.48. The second-order valence-electron chi connectivity index (χ2n) is 7.94. The first-order valence-electron chi connectivity index (χ1n) is 10.6. The quantitative estimate of drug-likeness (QED) is 0.126. The molecule has 194 valence electrons. The Labute approximate surface area is 201 Å². The maximum atomic E-state index is 12.8. The van der Waals surface area contributed by atoms with Crippen molar-refractivity contribution in [3.8, 4) is 0 Å². The number of nitrogens with one attached hydrogen (secondary N) is 3. The predicted molar refractivity (Wildman–Crippen MR) is 123 cm³/mol. The van der Waals surface area contributed by atoms with E-state index in [2.05, 4.69) is 16.0 Å². The summed E-state index contributed by atoms with van der Waals surface area (Å²) in [6, 6.07) is -4.92. The number of aliphatic carboxylic acids is 3. The van der Waals surface area contributed by atoms with Crippen LogP contribution in [0.25, 0.3) is 0 Å². The molecule has 4 atom stereocenters. The zero-order valence-electron chi connectivity index (χ0n) is 19.4.